The second-order valence-corrected chi connectivity index (χ2v) is 11.1. The molecule has 190 valence electrons. The predicted molar refractivity (Wildman–Crippen MR) is 145 cm³/mol. The molecule has 1 aliphatic rings. The number of hydrogen-bond donors (Lipinski definition) is 2. The Morgan fingerprint density at radius 3 is 2.46 bits per heavy atom. The normalized spacial score (nSPS) is 17.7. The van der Waals surface area contributed by atoms with Gasteiger partial charge in [-0.05, 0) is 53.7 Å². The summed E-state index contributed by atoms with van der Waals surface area (Å²) in [4.78, 5) is 12.8. The van der Waals surface area contributed by atoms with Crippen LogP contribution >= 0.6 is 0 Å². The SMILES string of the molecule is CCC(C)(C)c1ccc(OCCCCNC(=O)C2(O)CC=Cc3ccccc32)c(C(C)(C)CC)c1. The first-order valence-corrected chi connectivity index (χ1v) is 13.1. The van der Waals surface area contributed by atoms with Crippen LogP contribution in [0.15, 0.2) is 48.5 Å². The summed E-state index contributed by atoms with van der Waals surface area (Å²) < 4.78 is 6.25. The Balaban J connectivity index is 1.55. The van der Waals surface area contributed by atoms with Crippen LogP contribution in [0.1, 0.15) is 95.9 Å². The molecule has 1 atom stereocenters. The van der Waals surface area contributed by atoms with Crippen molar-refractivity contribution in [3.63, 3.8) is 0 Å². The van der Waals surface area contributed by atoms with Gasteiger partial charge in [-0.1, -0.05) is 90.1 Å². The molecule has 35 heavy (non-hydrogen) atoms. The molecule has 0 saturated heterocycles. The minimum atomic E-state index is -1.50. The lowest BCUT2D eigenvalue weighted by Gasteiger charge is -2.30. The van der Waals surface area contributed by atoms with E-state index in [9.17, 15) is 9.90 Å². The Morgan fingerprint density at radius 2 is 1.74 bits per heavy atom. The molecule has 2 N–H and O–H groups in total. The van der Waals surface area contributed by atoms with Crippen LogP contribution in [0.3, 0.4) is 0 Å². The highest BCUT2D eigenvalue weighted by molar-refractivity contribution is 5.88. The largest absolute Gasteiger partial charge is 0.493 e. The van der Waals surface area contributed by atoms with Crippen LogP contribution in [0.5, 0.6) is 5.75 Å². The molecule has 2 aromatic rings. The van der Waals surface area contributed by atoms with E-state index < -0.39 is 5.60 Å². The molecule has 1 amide bonds. The van der Waals surface area contributed by atoms with E-state index in [1.165, 1.54) is 11.1 Å². The summed E-state index contributed by atoms with van der Waals surface area (Å²) in [5, 5.41) is 14.0. The summed E-state index contributed by atoms with van der Waals surface area (Å²) in [6.07, 6.45) is 7.83. The van der Waals surface area contributed by atoms with Gasteiger partial charge < -0.3 is 15.2 Å². The van der Waals surface area contributed by atoms with Gasteiger partial charge in [0.2, 0.25) is 0 Å². The molecule has 4 heteroatoms. The van der Waals surface area contributed by atoms with Gasteiger partial charge in [-0.25, -0.2) is 0 Å². The van der Waals surface area contributed by atoms with Crippen molar-refractivity contribution in [2.45, 2.75) is 90.1 Å². The highest BCUT2D eigenvalue weighted by atomic mass is 16.5. The molecule has 0 heterocycles. The topological polar surface area (TPSA) is 58.6 Å². The summed E-state index contributed by atoms with van der Waals surface area (Å²) in [6.45, 7) is 14.7. The zero-order chi connectivity index (χ0) is 25.7. The van der Waals surface area contributed by atoms with Crippen molar-refractivity contribution in [3.05, 3.63) is 70.8 Å². The molecule has 0 saturated carbocycles. The lowest BCUT2D eigenvalue weighted by molar-refractivity contribution is -0.140. The molecule has 0 aliphatic heterocycles. The molecule has 2 aromatic carbocycles. The Hall–Kier alpha value is -2.59. The Labute approximate surface area is 211 Å². The number of carbonyl (C=O) groups is 1. The van der Waals surface area contributed by atoms with Crippen molar-refractivity contribution in [1.82, 2.24) is 5.32 Å². The third-order valence-electron chi connectivity index (χ3n) is 7.86. The van der Waals surface area contributed by atoms with Crippen LogP contribution in [0.2, 0.25) is 0 Å². The summed E-state index contributed by atoms with van der Waals surface area (Å²) in [5.41, 5.74) is 2.84. The quantitative estimate of drug-likeness (QED) is 0.357. The number of aliphatic hydroxyl groups is 1. The molecule has 1 unspecified atom stereocenters. The van der Waals surface area contributed by atoms with Crippen LogP contribution in [0.4, 0.5) is 0 Å². The zero-order valence-corrected chi connectivity index (χ0v) is 22.4. The van der Waals surface area contributed by atoms with Gasteiger partial charge >= 0.3 is 0 Å². The number of unbranched alkanes of at least 4 members (excludes halogenated alkanes) is 1. The van der Waals surface area contributed by atoms with Crippen molar-refractivity contribution in [3.8, 4) is 5.75 Å². The Morgan fingerprint density at radius 1 is 1.03 bits per heavy atom. The van der Waals surface area contributed by atoms with Crippen LogP contribution in [0, 0.1) is 0 Å². The van der Waals surface area contributed by atoms with Crippen molar-refractivity contribution >= 4 is 12.0 Å². The van der Waals surface area contributed by atoms with E-state index >= 15 is 0 Å². The number of ether oxygens (including phenoxy) is 1. The van der Waals surface area contributed by atoms with Gasteiger partial charge in [-0.3, -0.25) is 4.79 Å². The molecular weight excluding hydrogens is 434 g/mol. The number of amides is 1. The fraction of sp³-hybridized carbons (Fsp3) is 0.516. The number of carbonyl (C=O) groups excluding carboxylic acids is 1. The van der Waals surface area contributed by atoms with Crippen molar-refractivity contribution in [1.29, 1.82) is 0 Å². The minimum absolute atomic E-state index is 0.0311. The highest BCUT2D eigenvalue weighted by Crippen LogP contribution is 2.38. The fourth-order valence-electron chi connectivity index (χ4n) is 4.46. The smallest absolute Gasteiger partial charge is 0.256 e. The molecule has 0 fully saturated rings. The summed E-state index contributed by atoms with van der Waals surface area (Å²) >= 11 is 0. The van der Waals surface area contributed by atoms with Crippen LogP contribution in [-0.4, -0.2) is 24.2 Å². The van der Waals surface area contributed by atoms with E-state index in [0.717, 1.165) is 37.0 Å². The highest BCUT2D eigenvalue weighted by Gasteiger charge is 2.39. The maximum atomic E-state index is 12.8. The molecule has 0 radical (unpaired) electrons. The molecule has 0 bridgehead atoms. The average molecular weight is 478 g/mol. The molecule has 0 aromatic heterocycles. The maximum Gasteiger partial charge on any atom is 0.256 e. The second-order valence-electron chi connectivity index (χ2n) is 11.1. The van der Waals surface area contributed by atoms with E-state index in [2.05, 4.69) is 65.1 Å². The Kier molecular flexibility index (Phi) is 8.48. The number of nitrogens with one attached hydrogen (secondary N) is 1. The first kappa shape index (κ1) is 27.0. The average Bonchev–Trinajstić information content (AvgIpc) is 2.86. The summed E-state index contributed by atoms with van der Waals surface area (Å²) in [7, 11) is 0. The summed E-state index contributed by atoms with van der Waals surface area (Å²) in [6, 6.07) is 14.2. The van der Waals surface area contributed by atoms with Gasteiger partial charge in [0.05, 0.1) is 6.61 Å². The molecule has 0 spiro atoms. The maximum absolute atomic E-state index is 12.8. The second kappa shape index (κ2) is 11.0. The first-order valence-electron chi connectivity index (χ1n) is 13.1. The van der Waals surface area contributed by atoms with Gasteiger partial charge in [-0.15, -0.1) is 0 Å². The monoisotopic (exact) mass is 477 g/mol. The van der Waals surface area contributed by atoms with E-state index in [4.69, 9.17) is 4.74 Å². The minimum Gasteiger partial charge on any atom is -0.493 e. The van der Waals surface area contributed by atoms with Crippen molar-refractivity contribution < 1.29 is 14.6 Å². The van der Waals surface area contributed by atoms with E-state index in [0.29, 0.717) is 25.1 Å². The standard InChI is InChI=1S/C31H43NO3/c1-7-29(3,4)24-17-18-27(26(22-24)30(5,6)8-2)35-21-12-11-20-32-28(33)31(34)19-13-15-23-14-9-10-16-25(23)31/h9-10,13-18,22,34H,7-8,11-12,19-21H2,1-6H3,(H,32,33). The predicted octanol–water partition coefficient (Wildman–Crippen LogP) is 6.64. The molecule has 1 aliphatic carbocycles. The lowest BCUT2D eigenvalue weighted by Crippen LogP contribution is -2.45. The van der Waals surface area contributed by atoms with Gasteiger partial charge in [0.1, 0.15) is 5.75 Å². The molecule has 4 nitrogen and oxygen atoms in total. The third kappa shape index (κ3) is 5.98. The number of rotatable bonds is 11. The van der Waals surface area contributed by atoms with E-state index in [1.807, 2.05) is 36.4 Å². The van der Waals surface area contributed by atoms with Crippen LogP contribution in [0.25, 0.3) is 6.08 Å². The van der Waals surface area contributed by atoms with Gasteiger partial charge in [0.15, 0.2) is 5.60 Å². The molecular formula is C31H43NO3. The van der Waals surface area contributed by atoms with Gasteiger partial charge in [0.25, 0.3) is 5.91 Å². The molecule has 3 rings (SSSR count). The van der Waals surface area contributed by atoms with E-state index in [1.54, 1.807) is 0 Å². The van der Waals surface area contributed by atoms with E-state index in [-0.39, 0.29) is 16.7 Å². The number of benzene rings is 2. The zero-order valence-electron chi connectivity index (χ0n) is 22.4. The third-order valence-corrected chi connectivity index (χ3v) is 7.86. The lowest BCUT2D eigenvalue weighted by atomic mass is 9.76. The number of fused-ring (bicyclic) bond motifs is 1. The van der Waals surface area contributed by atoms with Gasteiger partial charge in [-0.2, -0.15) is 0 Å². The van der Waals surface area contributed by atoms with Crippen LogP contribution < -0.4 is 10.1 Å². The van der Waals surface area contributed by atoms with Gasteiger partial charge in [0, 0.05) is 24.1 Å². The first-order chi connectivity index (χ1) is 16.5. The van der Waals surface area contributed by atoms with Crippen LogP contribution in [-0.2, 0) is 21.2 Å². The summed E-state index contributed by atoms with van der Waals surface area (Å²) in [5.74, 6) is 0.618. The van der Waals surface area contributed by atoms with Crippen molar-refractivity contribution in [2.24, 2.45) is 0 Å². The van der Waals surface area contributed by atoms with Crippen molar-refractivity contribution in [2.75, 3.05) is 13.2 Å². The number of hydrogen-bond acceptors (Lipinski definition) is 3. The Bertz CT molecular complexity index is 1050. The fourth-order valence-corrected chi connectivity index (χ4v) is 4.46.